The Labute approximate surface area is 194 Å². The zero-order valence-electron chi connectivity index (χ0n) is 20.2. The van der Waals surface area contributed by atoms with Gasteiger partial charge in [0, 0.05) is 13.3 Å². The first-order valence-electron chi connectivity index (χ1n) is 12.6. The van der Waals surface area contributed by atoms with Crippen LogP contribution in [0.1, 0.15) is 109 Å². The predicted molar refractivity (Wildman–Crippen MR) is 129 cm³/mol. The Morgan fingerprint density at radius 3 is 1.97 bits per heavy atom. The Balaban J connectivity index is 2.54. The number of esters is 1. The van der Waals surface area contributed by atoms with Crippen LogP contribution in [-0.4, -0.2) is 29.3 Å². The molecule has 2 unspecified atom stereocenters. The summed E-state index contributed by atoms with van der Waals surface area (Å²) in [6, 6.07) is 10.1. The summed E-state index contributed by atoms with van der Waals surface area (Å²) < 4.78 is 12.0. The second-order valence-electron chi connectivity index (χ2n) is 8.74. The molecule has 1 N–H and O–H groups in total. The molecule has 1 rings (SSSR count). The summed E-state index contributed by atoms with van der Waals surface area (Å²) in [5.41, 5.74) is 1.13. The van der Waals surface area contributed by atoms with Gasteiger partial charge < -0.3 is 14.6 Å². The number of hydrogen-bond acceptors (Lipinski definition) is 4. The molecule has 0 bridgehead atoms. The van der Waals surface area contributed by atoms with E-state index in [1.165, 1.54) is 26.2 Å². The lowest BCUT2D eigenvalue weighted by Crippen LogP contribution is -2.33. The third-order valence-electron chi connectivity index (χ3n) is 5.76. The molecule has 0 amide bonds. The average Bonchev–Trinajstić information content (AvgIpc) is 2.77. The number of unbranched alkanes of at least 4 members (excludes halogenated alkanes) is 9. The molecule has 5 nitrogen and oxygen atoms in total. The zero-order chi connectivity index (χ0) is 23.4. The third kappa shape index (κ3) is 15.0. The highest BCUT2D eigenvalue weighted by Crippen LogP contribution is 2.21. The second kappa shape index (κ2) is 18.7. The quantitative estimate of drug-likeness (QED) is 0.171. The van der Waals surface area contributed by atoms with Gasteiger partial charge in [-0.2, -0.15) is 0 Å². The number of carbonyl (C=O) groups is 2. The Morgan fingerprint density at radius 1 is 0.812 bits per heavy atom. The Kier molecular flexibility index (Phi) is 16.4. The molecule has 182 valence electrons. The molecular weight excluding hydrogens is 404 g/mol. The molecule has 0 saturated heterocycles. The van der Waals surface area contributed by atoms with Crippen molar-refractivity contribution >= 4 is 11.9 Å². The summed E-state index contributed by atoms with van der Waals surface area (Å²) in [6.07, 6.45) is 13.6. The highest BCUT2D eigenvalue weighted by Gasteiger charge is 2.24. The van der Waals surface area contributed by atoms with Crippen molar-refractivity contribution in [1.29, 1.82) is 0 Å². The van der Waals surface area contributed by atoms with Crippen molar-refractivity contribution < 1.29 is 24.2 Å². The van der Waals surface area contributed by atoms with Crippen molar-refractivity contribution in [1.82, 2.24) is 0 Å². The monoisotopic (exact) mass is 448 g/mol. The van der Waals surface area contributed by atoms with E-state index in [-0.39, 0.29) is 24.6 Å². The predicted octanol–water partition coefficient (Wildman–Crippen LogP) is 7.07. The van der Waals surface area contributed by atoms with E-state index in [0.717, 1.165) is 69.8 Å². The van der Waals surface area contributed by atoms with Crippen LogP contribution in [0.2, 0.25) is 0 Å². The van der Waals surface area contributed by atoms with Crippen molar-refractivity contribution in [3.63, 3.8) is 0 Å². The number of carbonyl (C=O) groups excluding carboxylic acids is 1. The van der Waals surface area contributed by atoms with Crippen LogP contribution in [0.3, 0.4) is 0 Å². The number of benzene rings is 1. The first-order valence-corrected chi connectivity index (χ1v) is 12.6. The molecule has 0 aliphatic rings. The Morgan fingerprint density at radius 2 is 1.38 bits per heavy atom. The number of rotatable bonds is 20. The van der Waals surface area contributed by atoms with Crippen LogP contribution in [0.15, 0.2) is 30.3 Å². The largest absolute Gasteiger partial charge is 0.481 e. The van der Waals surface area contributed by atoms with Crippen molar-refractivity contribution in [3.05, 3.63) is 35.9 Å². The summed E-state index contributed by atoms with van der Waals surface area (Å²) in [5.74, 6) is -0.954. The summed E-state index contributed by atoms with van der Waals surface area (Å²) in [6.45, 7) is 4.21. The molecule has 32 heavy (non-hydrogen) atoms. The fraction of sp³-hybridized carbons (Fsp3) is 0.704. The van der Waals surface area contributed by atoms with Crippen LogP contribution in [-0.2, 0) is 25.7 Å². The van der Waals surface area contributed by atoms with E-state index in [1.54, 1.807) is 0 Å². The molecule has 5 heteroatoms. The minimum atomic E-state index is -0.713. The maximum Gasteiger partial charge on any atom is 0.303 e. The summed E-state index contributed by atoms with van der Waals surface area (Å²) in [7, 11) is 0. The van der Waals surface area contributed by atoms with Crippen LogP contribution in [0.5, 0.6) is 0 Å². The number of hydrogen-bond donors (Lipinski definition) is 1. The summed E-state index contributed by atoms with van der Waals surface area (Å²) in [5, 5.41) is 8.72. The lowest BCUT2D eigenvalue weighted by Gasteiger charge is -2.27. The van der Waals surface area contributed by atoms with Gasteiger partial charge in [-0.15, -0.1) is 0 Å². The molecule has 0 saturated carbocycles. The highest BCUT2D eigenvalue weighted by molar-refractivity contribution is 5.66. The number of ether oxygens (including phenoxy) is 2. The Hall–Kier alpha value is -1.88. The first-order chi connectivity index (χ1) is 15.5. The zero-order valence-corrected chi connectivity index (χ0v) is 20.2. The van der Waals surface area contributed by atoms with Crippen LogP contribution >= 0.6 is 0 Å². The lowest BCUT2D eigenvalue weighted by atomic mass is 9.99. The lowest BCUT2D eigenvalue weighted by molar-refractivity contribution is -0.157. The normalized spacial score (nSPS) is 12.9. The van der Waals surface area contributed by atoms with Gasteiger partial charge in [-0.1, -0.05) is 95.0 Å². The topological polar surface area (TPSA) is 72.8 Å². The number of carboxylic acids is 1. The minimum Gasteiger partial charge on any atom is -0.481 e. The average molecular weight is 449 g/mol. The van der Waals surface area contributed by atoms with Gasteiger partial charge in [0.25, 0.3) is 0 Å². The van der Waals surface area contributed by atoms with Gasteiger partial charge in [-0.3, -0.25) is 9.59 Å². The molecule has 0 aliphatic carbocycles. The summed E-state index contributed by atoms with van der Waals surface area (Å²) in [4.78, 5) is 22.4. The highest BCUT2D eigenvalue weighted by atomic mass is 16.6. The van der Waals surface area contributed by atoms with E-state index >= 15 is 0 Å². The van der Waals surface area contributed by atoms with Crippen molar-refractivity contribution in [2.24, 2.45) is 0 Å². The maximum atomic E-state index is 11.8. The molecule has 0 fully saturated rings. The fourth-order valence-corrected chi connectivity index (χ4v) is 3.97. The van der Waals surface area contributed by atoms with Crippen molar-refractivity contribution in [2.45, 2.75) is 123 Å². The van der Waals surface area contributed by atoms with Crippen LogP contribution in [0.25, 0.3) is 0 Å². The molecule has 0 aliphatic heterocycles. The standard InChI is InChI=1S/C27H44O5/c1-3-4-5-8-15-20-26(32-23(2)28)25(31-22-24-17-12-11-13-18-24)19-14-9-6-7-10-16-21-27(29)30/h11-13,17-18,25-26H,3-10,14-16,19-22H2,1-2H3,(H,29,30). The number of carboxylic acid groups (broad SMARTS) is 1. The first kappa shape index (κ1) is 28.2. The van der Waals surface area contributed by atoms with Gasteiger partial charge in [0.05, 0.1) is 12.7 Å². The molecule has 0 radical (unpaired) electrons. The SMILES string of the molecule is CCCCCCCC(OC(C)=O)C(CCCCCCCCC(=O)O)OCc1ccccc1. The number of aliphatic carboxylic acids is 1. The molecule has 1 aromatic rings. The van der Waals surface area contributed by atoms with Crippen LogP contribution in [0, 0.1) is 0 Å². The molecule has 0 heterocycles. The van der Waals surface area contributed by atoms with Gasteiger partial charge >= 0.3 is 11.9 Å². The van der Waals surface area contributed by atoms with E-state index < -0.39 is 5.97 Å². The van der Waals surface area contributed by atoms with E-state index in [9.17, 15) is 9.59 Å². The van der Waals surface area contributed by atoms with E-state index in [1.807, 2.05) is 18.2 Å². The third-order valence-corrected chi connectivity index (χ3v) is 5.76. The van der Waals surface area contributed by atoms with Crippen molar-refractivity contribution in [2.75, 3.05) is 0 Å². The van der Waals surface area contributed by atoms with Gasteiger partial charge in [-0.25, -0.2) is 0 Å². The van der Waals surface area contributed by atoms with E-state index in [0.29, 0.717) is 6.61 Å². The molecule has 0 spiro atoms. The van der Waals surface area contributed by atoms with Gasteiger partial charge in [0.1, 0.15) is 6.10 Å². The van der Waals surface area contributed by atoms with Gasteiger partial charge in [0.2, 0.25) is 0 Å². The molecule has 1 aromatic carbocycles. The second-order valence-corrected chi connectivity index (χ2v) is 8.74. The van der Waals surface area contributed by atoms with E-state index in [4.69, 9.17) is 14.6 Å². The van der Waals surface area contributed by atoms with E-state index in [2.05, 4.69) is 19.1 Å². The molecular formula is C27H44O5. The summed E-state index contributed by atoms with van der Waals surface area (Å²) >= 11 is 0. The van der Waals surface area contributed by atoms with Crippen molar-refractivity contribution in [3.8, 4) is 0 Å². The molecule has 2 atom stereocenters. The van der Waals surface area contributed by atoms with Crippen LogP contribution in [0.4, 0.5) is 0 Å². The fourth-order valence-electron chi connectivity index (χ4n) is 3.97. The smallest absolute Gasteiger partial charge is 0.303 e. The Bertz CT molecular complexity index is 601. The van der Waals surface area contributed by atoms with Gasteiger partial charge in [0.15, 0.2) is 0 Å². The minimum absolute atomic E-state index is 0.0997. The van der Waals surface area contributed by atoms with Gasteiger partial charge in [-0.05, 0) is 31.2 Å². The molecule has 0 aromatic heterocycles. The van der Waals surface area contributed by atoms with Crippen LogP contribution < -0.4 is 0 Å². The maximum absolute atomic E-state index is 11.8.